The summed E-state index contributed by atoms with van der Waals surface area (Å²) in [5.74, 6) is -0.609. The first kappa shape index (κ1) is 14.6. The van der Waals surface area contributed by atoms with E-state index in [1.54, 1.807) is 0 Å². The van der Waals surface area contributed by atoms with Gasteiger partial charge >= 0.3 is 5.97 Å². The molecular formula is C11H15NO5S. The van der Waals surface area contributed by atoms with Crippen molar-refractivity contribution < 1.29 is 23.1 Å². The molecular weight excluding hydrogens is 258 g/mol. The summed E-state index contributed by atoms with van der Waals surface area (Å²) < 4.78 is 30.4. The van der Waals surface area contributed by atoms with Gasteiger partial charge in [-0.25, -0.2) is 17.9 Å². The Morgan fingerprint density at radius 3 is 2.72 bits per heavy atom. The van der Waals surface area contributed by atoms with Gasteiger partial charge in [-0.3, -0.25) is 0 Å². The van der Waals surface area contributed by atoms with Crippen LogP contribution in [0.2, 0.25) is 0 Å². The number of carbonyl (C=O) groups excluding carboxylic acids is 1. The monoisotopic (exact) mass is 273 g/mol. The summed E-state index contributed by atoms with van der Waals surface area (Å²) in [6.45, 7) is 1.37. The highest BCUT2D eigenvalue weighted by Crippen LogP contribution is 2.12. The molecule has 1 aromatic carbocycles. The van der Waals surface area contributed by atoms with Gasteiger partial charge in [0.25, 0.3) is 0 Å². The van der Waals surface area contributed by atoms with Crippen LogP contribution in [0.5, 0.6) is 0 Å². The molecule has 0 radical (unpaired) electrons. The highest BCUT2D eigenvalue weighted by molar-refractivity contribution is 7.89. The van der Waals surface area contributed by atoms with Crippen LogP contribution in [-0.2, 0) is 14.8 Å². The summed E-state index contributed by atoms with van der Waals surface area (Å²) in [4.78, 5) is 11.2. The molecule has 0 saturated carbocycles. The zero-order chi connectivity index (χ0) is 13.8. The average molecular weight is 273 g/mol. The predicted molar refractivity (Wildman–Crippen MR) is 64.7 cm³/mol. The van der Waals surface area contributed by atoms with E-state index in [1.165, 1.54) is 38.3 Å². The first-order valence-corrected chi connectivity index (χ1v) is 6.71. The fourth-order valence-corrected chi connectivity index (χ4v) is 2.39. The van der Waals surface area contributed by atoms with Gasteiger partial charge in [0.15, 0.2) is 0 Å². The summed E-state index contributed by atoms with van der Waals surface area (Å²) in [7, 11) is -2.52. The van der Waals surface area contributed by atoms with E-state index in [0.717, 1.165) is 0 Å². The largest absolute Gasteiger partial charge is 0.465 e. The topological polar surface area (TPSA) is 92.7 Å². The van der Waals surface area contributed by atoms with Crippen molar-refractivity contribution in [1.29, 1.82) is 0 Å². The van der Waals surface area contributed by atoms with Crippen molar-refractivity contribution in [3.05, 3.63) is 29.8 Å². The number of benzene rings is 1. The molecule has 0 bridgehead atoms. The van der Waals surface area contributed by atoms with Gasteiger partial charge in [-0.15, -0.1) is 0 Å². The molecule has 0 amide bonds. The first-order valence-electron chi connectivity index (χ1n) is 5.23. The lowest BCUT2D eigenvalue weighted by atomic mass is 10.2. The zero-order valence-corrected chi connectivity index (χ0v) is 10.9. The van der Waals surface area contributed by atoms with Crippen molar-refractivity contribution >= 4 is 16.0 Å². The lowest BCUT2D eigenvalue weighted by Crippen LogP contribution is -2.30. The van der Waals surface area contributed by atoms with E-state index in [4.69, 9.17) is 5.11 Å². The van der Waals surface area contributed by atoms with Crippen LogP contribution in [0, 0.1) is 0 Å². The van der Waals surface area contributed by atoms with Gasteiger partial charge in [-0.1, -0.05) is 6.07 Å². The molecule has 0 aromatic heterocycles. The number of aliphatic hydroxyl groups excluding tert-OH is 1. The van der Waals surface area contributed by atoms with E-state index < -0.39 is 22.1 Å². The van der Waals surface area contributed by atoms with E-state index >= 15 is 0 Å². The Kier molecular flexibility index (Phi) is 4.83. The average Bonchev–Trinajstić information content (AvgIpc) is 2.35. The summed E-state index contributed by atoms with van der Waals surface area (Å²) >= 11 is 0. The molecule has 1 aromatic rings. The number of esters is 1. The number of methoxy groups -OCH3 is 1. The third-order valence-electron chi connectivity index (χ3n) is 2.13. The van der Waals surface area contributed by atoms with Gasteiger partial charge in [0.05, 0.1) is 23.7 Å². The van der Waals surface area contributed by atoms with Crippen LogP contribution in [0.4, 0.5) is 0 Å². The third kappa shape index (κ3) is 3.80. The summed E-state index contributed by atoms with van der Waals surface area (Å²) in [6, 6.07) is 5.48. The number of hydrogen-bond donors (Lipinski definition) is 2. The SMILES string of the molecule is COC(=O)c1cccc(S(=O)(=O)NCC(C)O)c1. The van der Waals surface area contributed by atoms with Crippen LogP contribution >= 0.6 is 0 Å². The Morgan fingerprint density at radius 1 is 1.50 bits per heavy atom. The number of sulfonamides is 1. The van der Waals surface area contributed by atoms with Crippen molar-refractivity contribution in [2.75, 3.05) is 13.7 Å². The molecule has 0 fully saturated rings. The van der Waals surface area contributed by atoms with Gasteiger partial charge in [0.1, 0.15) is 0 Å². The van der Waals surface area contributed by atoms with E-state index in [2.05, 4.69) is 9.46 Å². The second kappa shape index (κ2) is 5.94. The third-order valence-corrected chi connectivity index (χ3v) is 3.56. The number of nitrogens with one attached hydrogen (secondary N) is 1. The smallest absolute Gasteiger partial charge is 0.337 e. The summed E-state index contributed by atoms with van der Waals surface area (Å²) in [5.41, 5.74) is 0.150. The lowest BCUT2D eigenvalue weighted by molar-refractivity contribution is 0.0600. The van der Waals surface area contributed by atoms with Crippen LogP contribution in [0.15, 0.2) is 29.2 Å². The van der Waals surface area contributed by atoms with Crippen LogP contribution in [-0.4, -0.2) is 39.3 Å². The normalized spacial score (nSPS) is 13.1. The maximum atomic E-state index is 11.8. The lowest BCUT2D eigenvalue weighted by Gasteiger charge is -2.09. The van der Waals surface area contributed by atoms with Crippen LogP contribution in [0.1, 0.15) is 17.3 Å². The van der Waals surface area contributed by atoms with E-state index in [1.807, 2.05) is 0 Å². The number of carbonyl (C=O) groups is 1. The fourth-order valence-electron chi connectivity index (χ4n) is 1.22. The maximum absolute atomic E-state index is 11.8. The molecule has 0 aliphatic rings. The Bertz CT molecular complexity index is 524. The molecule has 1 atom stereocenters. The minimum absolute atomic E-state index is 0.0500. The molecule has 0 heterocycles. The number of rotatable bonds is 5. The van der Waals surface area contributed by atoms with Crippen molar-refractivity contribution in [2.45, 2.75) is 17.9 Å². The molecule has 0 spiro atoms. The number of aliphatic hydroxyl groups is 1. The fraction of sp³-hybridized carbons (Fsp3) is 0.364. The molecule has 18 heavy (non-hydrogen) atoms. The Labute approximate surface area is 106 Å². The first-order chi connectivity index (χ1) is 8.36. The second-order valence-corrected chi connectivity index (χ2v) is 5.49. The van der Waals surface area contributed by atoms with Gasteiger partial charge < -0.3 is 9.84 Å². The highest BCUT2D eigenvalue weighted by atomic mass is 32.2. The second-order valence-electron chi connectivity index (χ2n) is 3.72. The molecule has 2 N–H and O–H groups in total. The minimum Gasteiger partial charge on any atom is -0.465 e. The van der Waals surface area contributed by atoms with Crippen LogP contribution in [0.3, 0.4) is 0 Å². The van der Waals surface area contributed by atoms with Crippen molar-refractivity contribution in [3.8, 4) is 0 Å². The predicted octanol–water partition coefficient (Wildman–Crippen LogP) is 0.132. The van der Waals surface area contributed by atoms with E-state index in [0.29, 0.717) is 0 Å². The quantitative estimate of drug-likeness (QED) is 0.744. The molecule has 7 heteroatoms. The molecule has 100 valence electrons. The van der Waals surface area contributed by atoms with Gasteiger partial charge in [-0.05, 0) is 25.1 Å². The molecule has 0 aliphatic carbocycles. The van der Waals surface area contributed by atoms with Gasteiger partial charge in [0.2, 0.25) is 10.0 Å². The van der Waals surface area contributed by atoms with Crippen molar-refractivity contribution in [2.24, 2.45) is 0 Å². The summed E-state index contributed by atoms with van der Waals surface area (Å²) in [6.07, 6.45) is -0.788. The Morgan fingerprint density at radius 2 is 2.17 bits per heavy atom. The van der Waals surface area contributed by atoms with Gasteiger partial charge in [-0.2, -0.15) is 0 Å². The maximum Gasteiger partial charge on any atom is 0.337 e. The Balaban J connectivity index is 2.99. The van der Waals surface area contributed by atoms with Crippen molar-refractivity contribution in [1.82, 2.24) is 4.72 Å². The molecule has 6 nitrogen and oxygen atoms in total. The molecule has 0 saturated heterocycles. The van der Waals surface area contributed by atoms with Gasteiger partial charge in [0, 0.05) is 6.54 Å². The van der Waals surface area contributed by atoms with Crippen LogP contribution < -0.4 is 4.72 Å². The zero-order valence-electron chi connectivity index (χ0n) is 10.1. The van der Waals surface area contributed by atoms with E-state index in [-0.39, 0.29) is 17.0 Å². The molecule has 1 unspecified atom stereocenters. The standard InChI is InChI=1S/C11H15NO5S/c1-8(13)7-12-18(15,16)10-5-3-4-9(6-10)11(14)17-2/h3-6,8,12-13H,7H2,1-2H3. The van der Waals surface area contributed by atoms with E-state index in [9.17, 15) is 13.2 Å². The minimum atomic E-state index is -3.74. The van der Waals surface area contributed by atoms with Crippen LogP contribution in [0.25, 0.3) is 0 Å². The molecule has 0 aliphatic heterocycles. The van der Waals surface area contributed by atoms with Crippen molar-refractivity contribution in [3.63, 3.8) is 0 Å². The number of hydrogen-bond acceptors (Lipinski definition) is 5. The Hall–Kier alpha value is -1.44. The highest BCUT2D eigenvalue weighted by Gasteiger charge is 2.16. The molecule has 1 rings (SSSR count). The summed E-state index contributed by atoms with van der Waals surface area (Å²) in [5, 5.41) is 9.04. The number of ether oxygens (including phenoxy) is 1.